The second kappa shape index (κ2) is 12.2. The topological polar surface area (TPSA) is 77.0 Å². The number of hydrogen-bond acceptors (Lipinski definition) is 5. The number of methoxy groups -OCH3 is 3. The zero-order chi connectivity index (χ0) is 23.5. The molecule has 3 aromatic carbocycles. The van der Waals surface area contributed by atoms with Crippen LogP contribution in [0.25, 0.3) is 11.1 Å². The summed E-state index contributed by atoms with van der Waals surface area (Å²) >= 11 is 0. The highest BCUT2D eigenvalue weighted by molar-refractivity contribution is 5.79. The average molecular weight is 438 g/mol. The quantitative estimate of drug-likeness (QED) is 0.459. The summed E-state index contributed by atoms with van der Waals surface area (Å²) in [4.78, 5) is 11.9. The second-order valence-electron chi connectivity index (χ2n) is 6.72. The van der Waals surface area contributed by atoms with Crippen LogP contribution < -0.4 is 19.5 Å². The maximum absolute atomic E-state index is 11.9. The van der Waals surface area contributed by atoms with E-state index in [1.54, 1.807) is 12.1 Å². The van der Waals surface area contributed by atoms with Gasteiger partial charge in [0, 0.05) is 12.1 Å². The Kier molecular flexibility index (Phi) is 9.42. The van der Waals surface area contributed by atoms with E-state index in [0.717, 1.165) is 22.4 Å². The molecule has 0 aliphatic rings. The molecule has 3 aromatic rings. The Balaban J connectivity index is 0.00000176. The molecule has 0 fully saturated rings. The maximum Gasteiger partial charge on any atom is 0.326 e. The van der Waals surface area contributed by atoms with Gasteiger partial charge in [-0.3, -0.25) is 0 Å². The molecule has 0 aliphatic heterocycles. The SMILES string of the molecule is CC.COc1cc(CC(Nc2cccc(-c3ccccc3)c2)C(=O)O)cc(OC)c1OC. The fourth-order valence-corrected chi connectivity index (χ4v) is 3.31. The maximum atomic E-state index is 11.9. The van der Waals surface area contributed by atoms with Crippen LogP contribution in [0.4, 0.5) is 5.69 Å². The molecular weight excluding hydrogens is 406 g/mol. The van der Waals surface area contributed by atoms with Crippen molar-refractivity contribution in [2.24, 2.45) is 0 Å². The summed E-state index contributed by atoms with van der Waals surface area (Å²) in [5.41, 5.74) is 3.56. The van der Waals surface area contributed by atoms with Gasteiger partial charge in [0.05, 0.1) is 21.3 Å². The third-order valence-corrected chi connectivity index (χ3v) is 4.77. The fraction of sp³-hybridized carbons (Fsp3) is 0.269. The molecule has 3 rings (SSSR count). The highest BCUT2D eigenvalue weighted by Gasteiger charge is 2.21. The lowest BCUT2D eigenvalue weighted by atomic mass is 10.0. The lowest BCUT2D eigenvalue weighted by Gasteiger charge is -2.19. The number of anilines is 1. The molecule has 0 spiro atoms. The van der Waals surface area contributed by atoms with Crippen LogP contribution in [0.2, 0.25) is 0 Å². The summed E-state index contributed by atoms with van der Waals surface area (Å²) in [5, 5.41) is 12.9. The smallest absolute Gasteiger partial charge is 0.326 e. The van der Waals surface area contributed by atoms with Crippen molar-refractivity contribution in [1.82, 2.24) is 0 Å². The Morgan fingerprint density at radius 3 is 1.97 bits per heavy atom. The van der Waals surface area contributed by atoms with Crippen LogP contribution in [0.3, 0.4) is 0 Å². The second-order valence-corrected chi connectivity index (χ2v) is 6.72. The van der Waals surface area contributed by atoms with Gasteiger partial charge in [-0.25, -0.2) is 4.79 Å². The number of carbonyl (C=O) groups is 1. The highest BCUT2D eigenvalue weighted by Crippen LogP contribution is 2.38. The van der Waals surface area contributed by atoms with E-state index in [-0.39, 0.29) is 6.42 Å². The summed E-state index contributed by atoms with van der Waals surface area (Å²) in [6.45, 7) is 4.00. The van der Waals surface area contributed by atoms with Gasteiger partial charge < -0.3 is 24.6 Å². The summed E-state index contributed by atoms with van der Waals surface area (Å²) in [7, 11) is 4.59. The summed E-state index contributed by atoms with van der Waals surface area (Å²) in [6, 6.07) is 20.3. The van der Waals surface area contributed by atoms with Gasteiger partial charge >= 0.3 is 5.97 Å². The molecule has 0 radical (unpaired) electrons. The Bertz CT molecular complexity index is 979. The van der Waals surface area contributed by atoms with Gasteiger partial charge in [-0.1, -0.05) is 56.3 Å². The van der Waals surface area contributed by atoms with E-state index < -0.39 is 12.0 Å². The molecule has 2 N–H and O–H groups in total. The van der Waals surface area contributed by atoms with E-state index in [9.17, 15) is 9.90 Å². The third-order valence-electron chi connectivity index (χ3n) is 4.77. The van der Waals surface area contributed by atoms with Gasteiger partial charge in [0.25, 0.3) is 0 Å². The van der Waals surface area contributed by atoms with E-state index in [1.807, 2.05) is 68.4 Å². The molecule has 1 atom stereocenters. The van der Waals surface area contributed by atoms with Gasteiger partial charge in [-0.15, -0.1) is 0 Å². The van der Waals surface area contributed by atoms with Gasteiger partial charge in [0.1, 0.15) is 6.04 Å². The van der Waals surface area contributed by atoms with Gasteiger partial charge in [0.2, 0.25) is 5.75 Å². The molecular formula is C26H31NO5. The summed E-state index contributed by atoms with van der Waals surface area (Å²) < 4.78 is 16.1. The molecule has 32 heavy (non-hydrogen) atoms. The Labute approximate surface area is 189 Å². The van der Waals surface area contributed by atoms with Crippen LogP contribution in [-0.2, 0) is 11.2 Å². The zero-order valence-corrected chi connectivity index (χ0v) is 19.2. The van der Waals surface area contributed by atoms with Crippen molar-refractivity contribution in [3.8, 4) is 28.4 Å². The van der Waals surface area contributed by atoms with Crippen LogP contribution in [0, 0.1) is 0 Å². The molecule has 0 heterocycles. The molecule has 0 amide bonds. The van der Waals surface area contributed by atoms with Crippen molar-refractivity contribution in [2.75, 3.05) is 26.6 Å². The summed E-state index contributed by atoms with van der Waals surface area (Å²) in [6.07, 6.45) is 0.238. The minimum absolute atomic E-state index is 0.238. The molecule has 0 aromatic heterocycles. The zero-order valence-electron chi connectivity index (χ0n) is 19.2. The number of ether oxygens (including phenoxy) is 3. The molecule has 1 unspecified atom stereocenters. The van der Waals surface area contributed by atoms with Crippen molar-refractivity contribution in [3.05, 3.63) is 72.3 Å². The molecule has 0 saturated heterocycles. The normalized spacial score (nSPS) is 10.9. The molecule has 0 saturated carbocycles. The van der Waals surface area contributed by atoms with E-state index in [1.165, 1.54) is 21.3 Å². The highest BCUT2D eigenvalue weighted by atomic mass is 16.5. The number of nitrogens with one attached hydrogen (secondary N) is 1. The number of hydrogen-bond donors (Lipinski definition) is 2. The Hall–Kier alpha value is -3.67. The van der Waals surface area contributed by atoms with Crippen LogP contribution in [0.1, 0.15) is 19.4 Å². The van der Waals surface area contributed by atoms with Crippen LogP contribution in [0.5, 0.6) is 17.2 Å². The number of carboxylic acids is 1. The first-order valence-corrected chi connectivity index (χ1v) is 10.5. The number of carboxylic acid groups (broad SMARTS) is 1. The van der Waals surface area contributed by atoms with Crippen molar-refractivity contribution in [1.29, 1.82) is 0 Å². The number of benzene rings is 3. The van der Waals surface area contributed by atoms with Gasteiger partial charge in [-0.2, -0.15) is 0 Å². The molecule has 0 aliphatic carbocycles. The Morgan fingerprint density at radius 2 is 1.44 bits per heavy atom. The molecule has 0 bridgehead atoms. The lowest BCUT2D eigenvalue weighted by Crippen LogP contribution is -2.31. The predicted molar refractivity (Wildman–Crippen MR) is 128 cm³/mol. The summed E-state index contributed by atoms with van der Waals surface area (Å²) in [5.74, 6) is 0.497. The largest absolute Gasteiger partial charge is 0.493 e. The van der Waals surface area contributed by atoms with Crippen molar-refractivity contribution in [2.45, 2.75) is 26.3 Å². The molecule has 6 heteroatoms. The van der Waals surface area contributed by atoms with Gasteiger partial charge in [0.15, 0.2) is 11.5 Å². The Morgan fingerprint density at radius 1 is 0.844 bits per heavy atom. The third kappa shape index (κ3) is 6.17. The minimum Gasteiger partial charge on any atom is -0.493 e. The van der Waals surface area contributed by atoms with Crippen molar-refractivity contribution in [3.63, 3.8) is 0 Å². The molecule has 6 nitrogen and oxygen atoms in total. The average Bonchev–Trinajstić information content (AvgIpc) is 2.84. The minimum atomic E-state index is -0.950. The first-order chi connectivity index (χ1) is 15.5. The first-order valence-electron chi connectivity index (χ1n) is 10.5. The standard InChI is InChI=1S/C24H25NO5.C2H6/c1-28-21-13-16(14-22(29-2)23(21)30-3)12-20(24(26)27)25-19-11-7-10-18(15-19)17-8-5-4-6-9-17;1-2/h4-11,13-15,20,25H,12H2,1-3H3,(H,26,27);1-2H3. The van der Waals surface area contributed by atoms with Crippen molar-refractivity contribution < 1.29 is 24.1 Å². The van der Waals surface area contributed by atoms with E-state index in [2.05, 4.69) is 5.32 Å². The number of rotatable bonds is 9. The van der Waals surface area contributed by atoms with Crippen LogP contribution >= 0.6 is 0 Å². The van der Waals surface area contributed by atoms with Crippen molar-refractivity contribution >= 4 is 11.7 Å². The predicted octanol–water partition coefficient (Wildman–Crippen LogP) is 5.51. The van der Waals surface area contributed by atoms with E-state index in [0.29, 0.717) is 17.2 Å². The van der Waals surface area contributed by atoms with Crippen LogP contribution in [-0.4, -0.2) is 38.4 Å². The first kappa shape index (κ1) is 24.6. The van der Waals surface area contributed by atoms with E-state index >= 15 is 0 Å². The van der Waals surface area contributed by atoms with Gasteiger partial charge in [-0.05, 0) is 41.0 Å². The fourth-order valence-electron chi connectivity index (χ4n) is 3.31. The van der Waals surface area contributed by atoms with E-state index in [4.69, 9.17) is 14.2 Å². The van der Waals surface area contributed by atoms with Crippen LogP contribution in [0.15, 0.2) is 66.7 Å². The lowest BCUT2D eigenvalue weighted by molar-refractivity contribution is -0.137. The molecule has 170 valence electrons. The monoisotopic (exact) mass is 437 g/mol. The number of aliphatic carboxylic acids is 1.